The molecule has 0 radical (unpaired) electrons. The number of piperidine rings is 1. The minimum atomic E-state index is -0.227. The molecule has 152 valence electrons. The van der Waals surface area contributed by atoms with E-state index in [0.29, 0.717) is 29.9 Å². The zero-order valence-corrected chi connectivity index (χ0v) is 16.9. The molecule has 2 bridgehead atoms. The molecule has 1 saturated heterocycles. The third-order valence-electron chi connectivity index (χ3n) is 7.70. The number of aromatic hydroxyl groups is 1. The van der Waals surface area contributed by atoms with E-state index in [2.05, 4.69) is 36.2 Å². The molecule has 0 aromatic heterocycles. The van der Waals surface area contributed by atoms with Crippen LogP contribution in [0.5, 0.6) is 11.5 Å². The van der Waals surface area contributed by atoms with Crippen molar-refractivity contribution in [3.8, 4) is 17.6 Å². The van der Waals surface area contributed by atoms with Crippen LogP contribution in [0.3, 0.4) is 0 Å². The molecule has 5 nitrogen and oxygen atoms in total. The fourth-order valence-electron chi connectivity index (χ4n) is 6.30. The maximum atomic E-state index is 10.6. The fraction of sp³-hybridized carbons (Fsp3) is 0.400. The summed E-state index contributed by atoms with van der Waals surface area (Å²) in [7, 11) is 2.21. The summed E-state index contributed by atoms with van der Waals surface area (Å²) in [4.78, 5) is 2.47. The van der Waals surface area contributed by atoms with Gasteiger partial charge in [0.25, 0.3) is 0 Å². The van der Waals surface area contributed by atoms with Gasteiger partial charge < -0.3 is 19.5 Å². The van der Waals surface area contributed by atoms with Gasteiger partial charge in [0.1, 0.15) is 12.2 Å². The monoisotopic (exact) mass is 400 g/mol. The van der Waals surface area contributed by atoms with Crippen molar-refractivity contribution in [2.45, 2.75) is 43.1 Å². The summed E-state index contributed by atoms with van der Waals surface area (Å²) in [6.07, 6.45) is 6.03. The predicted octanol–water partition coefficient (Wildman–Crippen LogP) is 3.29. The minimum Gasteiger partial charge on any atom is -0.504 e. The van der Waals surface area contributed by atoms with Crippen LogP contribution >= 0.6 is 0 Å². The molecule has 2 aromatic carbocycles. The van der Waals surface area contributed by atoms with Crippen LogP contribution in [-0.4, -0.2) is 41.8 Å². The molecule has 5 atom stereocenters. The third kappa shape index (κ3) is 2.24. The van der Waals surface area contributed by atoms with Gasteiger partial charge in [-0.1, -0.05) is 36.4 Å². The molecular formula is C25H24N2O3. The van der Waals surface area contributed by atoms with Gasteiger partial charge in [0, 0.05) is 22.9 Å². The Morgan fingerprint density at radius 1 is 1.27 bits per heavy atom. The Bertz CT molecular complexity index is 1100. The lowest BCUT2D eigenvalue weighted by atomic mass is 9.53. The molecule has 5 heteroatoms. The highest BCUT2D eigenvalue weighted by Crippen LogP contribution is 2.62. The van der Waals surface area contributed by atoms with E-state index in [1.54, 1.807) is 6.07 Å². The van der Waals surface area contributed by atoms with Gasteiger partial charge in [-0.2, -0.15) is 5.26 Å². The third-order valence-corrected chi connectivity index (χ3v) is 7.70. The number of hydrogen-bond donors (Lipinski definition) is 1. The lowest BCUT2D eigenvalue weighted by Crippen LogP contribution is -2.65. The predicted molar refractivity (Wildman–Crippen MR) is 111 cm³/mol. The van der Waals surface area contributed by atoms with Gasteiger partial charge in [0.05, 0.1) is 18.2 Å². The van der Waals surface area contributed by atoms with Crippen molar-refractivity contribution in [2.75, 3.05) is 13.6 Å². The first-order valence-corrected chi connectivity index (χ1v) is 10.6. The highest BCUT2D eigenvalue weighted by Gasteiger charge is 2.64. The normalized spacial score (nSPS) is 32.9. The van der Waals surface area contributed by atoms with Gasteiger partial charge in [0.15, 0.2) is 11.5 Å². The topological polar surface area (TPSA) is 65.7 Å². The van der Waals surface area contributed by atoms with E-state index >= 15 is 0 Å². The second kappa shape index (κ2) is 6.34. The Labute approximate surface area is 176 Å². The number of phenolic OH excluding ortho intramolecular Hbond substituents is 1. The maximum Gasteiger partial charge on any atom is 0.165 e. The number of ether oxygens (including phenoxy) is 2. The van der Waals surface area contributed by atoms with Gasteiger partial charge in [-0.3, -0.25) is 0 Å². The number of likely N-dealkylation sites (N-methyl/N-ethyl adjacent to an activating group) is 1. The van der Waals surface area contributed by atoms with Crippen LogP contribution in [0.1, 0.15) is 28.7 Å². The summed E-state index contributed by atoms with van der Waals surface area (Å²) in [5.41, 5.74) is 3.87. The van der Waals surface area contributed by atoms with Crippen molar-refractivity contribution in [1.29, 1.82) is 5.26 Å². The van der Waals surface area contributed by atoms with Crippen molar-refractivity contribution in [3.63, 3.8) is 0 Å². The number of rotatable bonds is 3. The van der Waals surface area contributed by atoms with Gasteiger partial charge in [0.2, 0.25) is 0 Å². The van der Waals surface area contributed by atoms with E-state index in [1.807, 2.05) is 24.3 Å². The average Bonchev–Trinajstić information content (AvgIpc) is 3.12. The summed E-state index contributed by atoms with van der Waals surface area (Å²) < 4.78 is 12.9. The summed E-state index contributed by atoms with van der Waals surface area (Å²) in [5, 5.41) is 20.0. The number of likely N-dealkylation sites (tertiary alicyclic amines) is 1. The highest BCUT2D eigenvalue weighted by molar-refractivity contribution is 5.61. The molecule has 0 amide bonds. The quantitative estimate of drug-likeness (QED) is 0.801. The number of benzene rings is 2. The highest BCUT2D eigenvalue weighted by atomic mass is 16.5. The van der Waals surface area contributed by atoms with Crippen LogP contribution in [0, 0.1) is 17.2 Å². The van der Waals surface area contributed by atoms with Crippen molar-refractivity contribution in [1.82, 2.24) is 4.90 Å². The van der Waals surface area contributed by atoms with Gasteiger partial charge >= 0.3 is 0 Å². The lowest BCUT2D eigenvalue weighted by Gasteiger charge is -2.56. The first kappa shape index (κ1) is 18.0. The molecule has 4 aliphatic rings. The van der Waals surface area contributed by atoms with Gasteiger partial charge in [-0.25, -0.2) is 0 Å². The van der Waals surface area contributed by atoms with E-state index in [-0.39, 0.29) is 23.4 Å². The molecule has 30 heavy (non-hydrogen) atoms. The van der Waals surface area contributed by atoms with E-state index in [1.165, 1.54) is 11.1 Å². The minimum absolute atomic E-state index is 0.160. The molecule has 2 aromatic rings. The average molecular weight is 400 g/mol. The van der Waals surface area contributed by atoms with E-state index in [4.69, 9.17) is 9.47 Å². The van der Waals surface area contributed by atoms with Crippen molar-refractivity contribution >= 4 is 0 Å². The van der Waals surface area contributed by atoms with Crippen LogP contribution in [0.15, 0.2) is 48.6 Å². The largest absolute Gasteiger partial charge is 0.504 e. The summed E-state index contributed by atoms with van der Waals surface area (Å²) in [6, 6.07) is 14.1. The molecule has 0 saturated carbocycles. The van der Waals surface area contributed by atoms with Crippen molar-refractivity contribution in [2.24, 2.45) is 5.92 Å². The first-order chi connectivity index (χ1) is 14.6. The summed E-state index contributed by atoms with van der Waals surface area (Å²) in [5.74, 6) is 1.23. The Balaban J connectivity index is 1.41. The molecule has 6 rings (SSSR count). The van der Waals surface area contributed by atoms with E-state index in [0.717, 1.165) is 24.9 Å². The molecule has 2 heterocycles. The summed E-state index contributed by atoms with van der Waals surface area (Å²) in [6.45, 7) is 1.37. The second-order valence-electron chi connectivity index (χ2n) is 8.98. The van der Waals surface area contributed by atoms with E-state index in [9.17, 15) is 10.4 Å². The van der Waals surface area contributed by atoms with Crippen LogP contribution in [0.25, 0.3) is 0 Å². The Morgan fingerprint density at radius 2 is 2.13 bits per heavy atom. The molecule has 1 fully saturated rings. The molecule has 2 aliphatic heterocycles. The zero-order valence-electron chi connectivity index (χ0n) is 16.9. The Hall–Kier alpha value is -2.81. The number of phenols is 1. The second-order valence-corrected chi connectivity index (χ2v) is 8.98. The molecule has 1 spiro atoms. The molecule has 0 unspecified atom stereocenters. The number of nitrogens with zero attached hydrogens (tertiary/aromatic N) is 2. The fourth-order valence-corrected chi connectivity index (χ4v) is 6.30. The first-order valence-electron chi connectivity index (χ1n) is 10.6. The SMILES string of the molecule is CN1CC[C@]23c4c5ccc(O)c4O[C@H]2[C@@H](OCc2ccccc2C#N)C=C[C@H]3[C@H]1C5. The summed E-state index contributed by atoms with van der Waals surface area (Å²) >= 11 is 0. The van der Waals surface area contributed by atoms with Crippen molar-refractivity contribution < 1.29 is 14.6 Å². The molecule has 2 aliphatic carbocycles. The molecular weight excluding hydrogens is 376 g/mol. The smallest absolute Gasteiger partial charge is 0.165 e. The van der Waals surface area contributed by atoms with E-state index < -0.39 is 0 Å². The Kier molecular flexibility index (Phi) is 3.80. The van der Waals surface area contributed by atoms with Gasteiger partial charge in [-0.05, 0) is 49.7 Å². The van der Waals surface area contributed by atoms with Crippen LogP contribution in [0.4, 0.5) is 0 Å². The van der Waals surface area contributed by atoms with Crippen LogP contribution in [-0.2, 0) is 23.2 Å². The van der Waals surface area contributed by atoms with Crippen LogP contribution in [0.2, 0.25) is 0 Å². The maximum absolute atomic E-state index is 10.6. The van der Waals surface area contributed by atoms with Crippen molar-refractivity contribution in [3.05, 3.63) is 70.8 Å². The van der Waals surface area contributed by atoms with Crippen LogP contribution < -0.4 is 4.74 Å². The number of hydrogen-bond acceptors (Lipinski definition) is 5. The number of nitriles is 1. The standard InChI is InChI=1S/C25H24N2O3/c1-27-11-10-25-18-7-9-21(29-14-17-5-3-2-4-16(17)13-26)24(25)30-23-20(28)8-6-15(22(23)25)12-19(18)27/h2-9,18-19,21,24,28H,10-12,14H2,1H3/t18-,19+,21-,24-,25-/m0/s1. The Morgan fingerprint density at radius 3 is 3.00 bits per heavy atom. The zero-order chi connectivity index (χ0) is 20.5. The van der Waals surface area contributed by atoms with Gasteiger partial charge in [-0.15, -0.1) is 0 Å². The lowest BCUT2D eigenvalue weighted by molar-refractivity contribution is -0.0754. The molecule has 1 N–H and O–H groups in total.